The van der Waals surface area contributed by atoms with Gasteiger partial charge in [-0.05, 0) is 43.5 Å². The highest BCUT2D eigenvalue weighted by Crippen LogP contribution is 2.28. The number of fused-ring (bicyclic) bond motifs is 1. The summed E-state index contributed by atoms with van der Waals surface area (Å²) in [7, 11) is 1.69. The number of nitrogens with zero attached hydrogens (tertiary/aromatic N) is 3. The average molecular weight is 350 g/mol. The van der Waals surface area contributed by atoms with E-state index in [9.17, 15) is 0 Å². The van der Waals surface area contributed by atoms with Crippen LogP contribution in [-0.2, 0) is 6.54 Å². The van der Waals surface area contributed by atoms with Crippen molar-refractivity contribution < 1.29 is 4.74 Å². The summed E-state index contributed by atoms with van der Waals surface area (Å²) in [4.78, 5) is 4.62. The van der Waals surface area contributed by atoms with E-state index < -0.39 is 0 Å². The van der Waals surface area contributed by atoms with Crippen molar-refractivity contribution in [1.82, 2.24) is 14.8 Å². The van der Waals surface area contributed by atoms with Gasteiger partial charge in [-0.25, -0.2) is 4.98 Å². The summed E-state index contributed by atoms with van der Waals surface area (Å²) in [5.41, 5.74) is 3.36. The van der Waals surface area contributed by atoms with Crippen LogP contribution in [0, 0.1) is 6.92 Å². The molecule has 0 atom stereocenters. The Morgan fingerprint density at radius 2 is 1.88 bits per heavy atom. The van der Waals surface area contributed by atoms with Crippen LogP contribution in [0.5, 0.6) is 5.75 Å². The minimum Gasteiger partial charge on any atom is -0.497 e. The van der Waals surface area contributed by atoms with Gasteiger partial charge in [0.25, 0.3) is 0 Å². The quantitative estimate of drug-likeness (QED) is 0.734. The summed E-state index contributed by atoms with van der Waals surface area (Å²) in [5.74, 6) is 1.85. The Kier molecular flexibility index (Phi) is 4.78. The fraction of sp³-hybridized carbons (Fsp3) is 0.429. The summed E-state index contributed by atoms with van der Waals surface area (Å²) < 4.78 is 7.31. The molecule has 0 aliphatic heterocycles. The highest BCUT2D eigenvalue weighted by Gasteiger charge is 2.18. The van der Waals surface area contributed by atoms with Crippen LogP contribution in [0.4, 0.5) is 5.82 Å². The van der Waals surface area contributed by atoms with Crippen molar-refractivity contribution in [2.45, 2.75) is 51.6 Å². The van der Waals surface area contributed by atoms with Gasteiger partial charge in [0.2, 0.25) is 0 Å². The summed E-state index contributed by atoms with van der Waals surface area (Å²) in [6.45, 7) is 2.81. The van der Waals surface area contributed by atoms with Crippen LogP contribution in [-0.4, -0.2) is 27.9 Å². The van der Waals surface area contributed by atoms with Crippen LogP contribution in [0.25, 0.3) is 10.9 Å². The molecule has 0 spiro atoms. The molecule has 1 aliphatic rings. The van der Waals surface area contributed by atoms with Gasteiger partial charge >= 0.3 is 0 Å². The van der Waals surface area contributed by atoms with Crippen molar-refractivity contribution in [3.8, 4) is 5.75 Å². The Hall–Kier alpha value is -2.56. The van der Waals surface area contributed by atoms with Crippen LogP contribution < -0.4 is 10.1 Å². The summed E-state index contributed by atoms with van der Waals surface area (Å²) >= 11 is 0. The van der Waals surface area contributed by atoms with Crippen molar-refractivity contribution in [1.29, 1.82) is 0 Å². The minimum atomic E-state index is 0.534. The van der Waals surface area contributed by atoms with Gasteiger partial charge < -0.3 is 10.1 Å². The van der Waals surface area contributed by atoms with Crippen molar-refractivity contribution in [3.05, 3.63) is 47.8 Å². The van der Waals surface area contributed by atoms with Gasteiger partial charge in [-0.3, -0.25) is 4.68 Å². The first-order chi connectivity index (χ1) is 12.7. The molecular weight excluding hydrogens is 324 g/mol. The second kappa shape index (κ2) is 7.36. The zero-order chi connectivity index (χ0) is 17.9. The smallest absolute Gasteiger partial charge is 0.137 e. The molecule has 1 aliphatic carbocycles. The summed E-state index contributed by atoms with van der Waals surface area (Å²) in [6.07, 6.45) is 8.33. The van der Waals surface area contributed by atoms with Crippen LogP contribution in [0.3, 0.4) is 0 Å². The number of hydrogen-bond donors (Lipinski definition) is 1. The first kappa shape index (κ1) is 16.9. The Balaban J connectivity index is 1.63. The van der Waals surface area contributed by atoms with Crippen molar-refractivity contribution in [2.75, 3.05) is 12.4 Å². The third-order valence-electron chi connectivity index (χ3n) is 5.28. The molecule has 4 rings (SSSR count). The number of benzene rings is 1. The molecule has 26 heavy (non-hydrogen) atoms. The van der Waals surface area contributed by atoms with Crippen LogP contribution >= 0.6 is 0 Å². The second-order valence-electron chi connectivity index (χ2n) is 7.12. The van der Waals surface area contributed by atoms with Gasteiger partial charge in [0.15, 0.2) is 0 Å². The zero-order valence-corrected chi connectivity index (χ0v) is 15.5. The predicted molar refractivity (Wildman–Crippen MR) is 105 cm³/mol. The molecule has 0 saturated heterocycles. The van der Waals surface area contributed by atoms with Gasteiger partial charge in [0.05, 0.1) is 30.3 Å². The van der Waals surface area contributed by atoms with Crippen molar-refractivity contribution in [2.24, 2.45) is 0 Å². The fourth-order valence-electron chi connectivity index (χ4n) is 3.88. The number of pyridine rings is 1. The first-order valence-electron chi connectivity index (χ1n) is 9.46. The number of rotatable bonds is 5. The lowest BCUT2D eigenvalue weighted by Crippen LogP contribution is -2.22. The van der Waals surface area contributed by atoms with Crippen molar-refractivity contribution in [3.63, 3.8) is 0 Å². The normalized spacial score (nSPS) is 15.3. The molecule has 2 aromatic heterocycles. The van der Waals surface area contributed by atoms with Gasteiger partial charge in [-0.2, -0.15) is 5.10 Å². The van der Waals surface area contributed by atoms with E-state index in [1.165, 1.54) is 37.7 Å². The Labute approximate surface area is 154 Å². The Morgan fingerprint density at radius 3 is 2.62 bits per heavy atom. The highest BCUT2D eigenvalue weighted by molar-refractivity contribution is 5.91. The molecule has 136 valence electrons. The number of aryl methyl sites for hydroxylation is 1. The molecule has 1 aromatic carbocycles. The zero-order valence-electron chi connectivity index (χ0n) is 15.5. The number of ether oxygens (including phenoxy) is 1. The molecule has 2 heterocycles. The number of hydrogen-bond acceptors (Lipinski definition) is 4. The van der Waals surface area contributed by atoms with E-state index in [2.05, 4.69) is 40.1 Å². The molecule has 5 heteroatoms. The monoisotopic (exact) mass is 350 g/mol. The number of nitrogens with one attached hydrogen (secondary N) is 1. The van der Waals surface area contributed by atoms with E-state index in [0.29, 0.717) is 6.04 Å². The predicted octanol–water partition coefficient (Wildman–Crippen LogP) is 4.54. The summed E-state index contributed by atoms with van der Waals surface area (Å²) in [6, 6.07) is 10.8. The first-order valence-corrected chi connectivity index (χ1v) is 9.46. The van der Waals surface area contributed by atoms with Gasteiger partial charge in [0.1, 0.15) is 11.6 Å². The lowest BCUT2D eigenvalue weighted by Gasteiger charge is -2.23. The van der Waals surface area contributed by atoms with Gasteiger partial charge in [-0.15, -0.1) is 0 Å². The standard InChI is InChI=1S/C21H26N4O/c1-15-20-19(12-13-22-21(20)23-17-6-4-3-5-7-17)25(24-15)14-16-8-10-18(26-2)11-9-16/h8-13,17H,3-7,14H2,1-2H3,(H,22,23). The average Bonchev–Trinajstić information content (AvgIpc) is 3.00. The van der Waals surface area contributed by atoms with E-state index in [1.807, 2.05) is 18.3 Å². The Bertz CT molecular complexity index is 879. The molecule has 1 saturated carbocycles. The molecule has 5 nitrogen and oxygen atoms in total. The maximum Gasteiger partial charge on any atom is 0.137 e. The van der Waals surface area contributed by atoms with E-state index in [4.69, 9.17) is 9.84 Å². The third-order valence-corrected chi connectivity index (χ3v) is 5.28. The molecule has 1 fully saturated rings. The lowest BCUT2D eigenvalue weighted by molar-refractivity contribution is 0.414. The maximum atomic E-state index is 5.24. The number of anilines is 1. The molecule has 1 N–H and O–H groups in total. The number of methoxy groups -OCH3 is 1. The molecule has 0 amide bonds. The van der Waals surface area contributed by atoms with E-state index in [1.54, 1.807) is 7.11 Å². The topological polar surface area (TPSA) is 52.0 Å². The van der Waals surface area contributed by atoms with Crippen LogP contribution in [0.15, 0.2) is 36.5 Å². The van der Waals surface area contributed by atoms with E-state index in [-0.39, 0.29) is 0 Å². The SMILES string of the molecule is COc1ccc(Cn2nc(C)c3c(NC4CCCCC4)nccc32)cc1. The third kappa shape index (κ3) is 3.39. The molecular formula is C21H26N4O. The van der Waals surface area contributed by atoms with Gasteiger partial charge in [-0.1, -0.05) is 31.4 Å². The number of aromatic nitrogens is 3. The molecule has 0 unspecified atom stereocenters. The van der Waals surface area contributed by atoms with E-state index in [0.717, 1.165) is 34.7 Å². The van der Waals surface area contributed by atoms with Crippen LogP contribution in [0.2, 0.25) is 0 Å². The highest BCUT2D eigenvalue weighted by atomic mass is 16.5. The molecule has 0 radical (unpaired) electrons. The Morgan fingerprint density at radius 1 is 1.12 bits per heavy atom. The van der Waals surface area contributed by atoms with Crippen molar-refractivity contribution >= 4 is 16.7 Å². The van der Waals surface area contributed by atoms with Crippen LogP contribution in [0.1, 0.15) is 43.4 Å². The second-order valence-corrected chi connectivity index (χ2v) is 7.12. The maximum absolute atomic E-state index is 5.24. The molecule has 0 bridgehead atoms. The molecule has 3 aromatic rings. The largest absolute Gasteiger partial charge is 0.497 e. The van der Waals surface area contributed by atoms with Gasteiger partial charge in [0, 0.05) is 12.2 Å². The fourth-order valence-corrected chi connectivity index (χ4v) is 3.88. The lowest BCUT2D eigenvalue weighted by atomic mass is 9.95. The van der Waals surface area contributed by atoms with E-state index >= 15 is 0 Å². The summed E-state index contributed by atoms with van der Waals surface area (Å²) in [5, 5.41) is 9.61. The minimum absolute atomic E-state index is 0.534.